The summed E-state index contributed by atoms with van der Waals surface area (Å²) in [7, 11) is 0. The topological polar surface area (TPSA) is 87.7 Å². The minimum atomic E-state index is -0.764. The summed E-state index contributed by atoms with van der Waals surface area (Å²) in [5, 5.41) is 5.83. The van der Waals surface area contributed by atoms with Crippen molar-refractivity contribution in [3.8, 4) is 5.75 Å². The monoisotopic (exact) mass is 473 g/mol. The van der Waals surface area contributed by atoms with Gasteiger partial charge >= 0.3 is 0 Å². The fourth-order valence-electron chi connectivity index (χ4n) is 3.30. The number of benzene rings is 2. The van der Waals surface area contributed by atoms with Crippen molar-refractivity contribution in [1.82, 2.24) is 10.2 Å². The number of nitrogens with zero attached hydrogens (tertiary/aromatic N) is 1. The molecule has 0 bridgehead atoms. The zero-order valence-electron chi connectivity index (χ0n) is 19.8. The lowest BCUT2D eigenvalue weighted by Gasteiger charge is -2.22. The highest BCUT2D eigenvalue weighted by molar-refractivity contribution is 6.34. The second-order valence-corrected chi connectivity index (χ2v) is 8.22. The van der Waals surface area contributed by atoms with Gasteiger partial charge in [-0.1, -0.05) is 25.4 Å². The first-order valence-corrected chi connectivity index (χ1v) is 11.5. The van der Waals surface area contributed by atoms with E-state index in [-0.39, 0.29) is 28.7 Å². The van der Waals surface area contributed by atoms with Gasteiger partial charge in [-0.15, -0.1) is 0 Å². The van der Waals surface area contributed by atoms with Crippen LogP contribution in [0.1, 0.15) is 55.3 Å². The van der Waals surface area contributed by atoms with Crippen LogP contribution in [0.5, 0.6) is 5.75 Å². The fourth-order valence-corrected chi connectivity index (χ4v) is 3.56. The molecule has 178 valence electrons. The van der Waals surface area contributed by atoms with Crippen LogP contribution in [0.15, 0.2) is 42.5 Å². The summed E-state index contributed by atoms with van der Waals surface area (Å²) in [5.41, 5.74) is 1.25. The van der Waals surface area contributed by atoms with E-state index in [2.05, 4.69) is 10.6 Å². The zero-order chi connectivity index (χ0) is 24.5. The van der Waals surface area contributed by atoms with Gasteiger partial charge in [-0.05, 0) is 69.2 Å². The average molecular weight is 474 g/mol. The number of carbonyl (C=O) groups excluding carboxylic acids is 3. The predicted octanol–water partition coefficient (Wildman–Crippen LogP) is 4.61. The van der Waals surface area contributed by atoms with Gasteiger partial charge < -0.3 is 20.3 Å². The maximum absolute atomic E-state index is 12.9. The van der Waals surface area contributed by atoms with Gasteiger partial charge in [-0.25, -0.2) is 0 Å². The van der Waals surface area contributed by atoms with Gasteiger partial charge in [0.2, 0.25) is 5.91 Å². The van der Waals surface area contributed by atoms with E-state index < -0.39 is 6.04 Å². The van der Waals surface area contributed by atoms with E-state index in [9.17, 15) is 14.4 Å². The lowest BCUT2D eigenvalue weighted by atomic mass is 10.0. The summed E-state index contributed by atoms with van der Waals surface area (Å²) in [6, 6.07) is 10.7. The molecule has 0 aliphatic carbocycles. The van der Waals surface area contributed by atoms with Gasteiger partial charge in [0.1, 0.15) is 11.8 Å². The third-order valence-electron chi connectivity index (χ3n) is 5.18. The highest BCUT2D eigenvalue weighted by Crippen LogP contribution is 2.23. The van der Waals surface area contributed by atoms with E-state index in [1.54, 1.807) is 47.4 Å². The molecule has 33 heavy (non-hydrogen) atoms. The molecule has 2 aromatic rings. The Morgan fingerprint density at radius 3 is 2.15 bits per heavy atom. The minimum Gasteiger partial charge on any atom is -0.494 e. The predicted molar refractivity (Wildman–Crippen MR) is 131 cm³/mol. The van der Waals surface area contributed by atoms with E-state index in [0.29, 0.717) is 42.3 Å². The summed E-state index contributed by atoms with van der Waals surface area (Å²) in [6.45, 7) is 11.1. The van der Waals surface area contributed by atoms with Crippen LogP contribution in [0.4, 0.5) is 5.69 Å². The standard InChI is InChI=1S/C25H32ClN3O4/c1-6-29(7-2)25(32)20-14-11-18(15-21(20)26)27-24(31)22(16(4)5)28-23(30)17-9-12-19(13-10-17)33-8-3/h9-16,22H,6-8H2,1-5H3,(H,27,31)(H,28,30). The molecule has 0 heterocycles. The average Bonchev–Trinajstić information content (AvgIpc) is 2.78. The Bertz CT molecular complexity index is 972. The first-order valence-electron chi connectivity index (χ1n) is 11.1. The Labute approximate surface area is 200 Å². The molecule has 0 spiro atoms. The van der Waals surface area contributed by atoms with Crippen molar-refractivity contribution in [3.05, 3.63) is 58.6 Å². The van der Waals surface area contributed by atoms with Gasteiger partial charge in [0.05, 0.1) is 17.2 Å². The number of nitrogens with one attached hydrogen (secondary N) is 2. The van der Waals surface area contributed by atoms with Crippen LogP contribution >= 0.6 is 11.6 Å². The third kappa shape index (κ3) is 6.96. The molecule has 2 aromatic carbocycles. The van der Waals surface area contributed by atoms with E-state index in [1.807, 2.05) is 34.6 Å². The molecule has 0 radical (unpaired) electrons. The summed E-state index contributed by atoms with van der Waals surface area (Å²) < 4.78 is 5.39. The Morgan fingerprint density at radius 1 is 1.00 bits per heavy atom. The second-order valence-electron chi connectivity index (χ2n) is 7.81. The van der Waals surface area contributed by atoms with Gasteiger partial charge in [0.15, 0.2) is 0 Å². The zero-order valence-corrected chi connectivity index (χ0v) is 20.5. The summed E-state index contributed by atoms with van der Waals surface area (Å²) in [6.07, 6.45) is 0. The largest absolute Gasteiger partial charge is 0.494 e. The van der Waals surface area contributed by atoms with Crippen molar-refractivity contribution in [3.63, 3.8) is 0 Å². The maximum Gasteiger partial charge on any atom is 0.255 e. The lowest BCUT2D eigenvalue weighted by molar-refractivity contribution is -0.118. The Kier molecular flexibility index (Phi) is 9.73. The van der Waals surface area contributed by atoms with Crippen LogP contribution in [0.3, 0.4) is 0 Å². The molecule has 3 amide bonds. The molecular formula is C25H32ClN3O4. The molecule has 1 unspecified atom stereocenters. The molecule has 0 aliphatic heterocycles. The van der Waals surface area contributed by atoms with Crippen LogP contribution in [-0.4, -0.2) is 48.4 Å². The van der Waals surface area contributed by atoms with Gasteiger partial charge in [-0.3, -0.25) is 14.4 Å². The second kappa shape index (κ2) is 12.3. The van der Waals surface area contributed by atoms with E-state index in [1.165, 1.54) is 0 Å². The van der Waals surface area contributed by atoms with Crippen LogP contribution < -0.4 is 15.4 Å². The molecule has 7 nitrogen and oxygen atoms in total. The molecule has 0 aliphatic rings. The fraction of sp³-hybridized carbons (Fsp3) is 0.400. The van der Waals surface area contributed by atoms with Crippen molar-refractivity contribution in [2.45, 2.75) is 40.7 Å². The Balaban J connectivity index is 2.11. The summed E-state index contributed by atoms with van der Waals surface area (Å²) in [4.78, 5) is 39.9. The van der Waals surface area contributed by atoms with Crippen LogP contribution in [0.25, 0.3) is 0 Å². The van der Waals surface area contributed by atoms with Crippen molar-refractivity contribution in [2.75, 3.05) is 25.0 Å². The molecule has 0 saturated heterocycles. The van der Waals surface area contributed by atoms with E-state index in [0.717, 1.165) is 0 Å². The number of hydrogen-bond donors (Lipinski definition) is 2. The van der Waals surface area contributed by atoms with E-state index >= 15 is 0 Å². The number of halogens is 1. The number of ether oxygens (including phenoxy) is 1. The number of rotatable bonds is 10. The van der Waals surface area contributed by atoms with Gasteiger partial charge in [-0.2, -0.15) is 0 Å². The first-order chi connectivity index (χ1) is 15.7. The molecule has 2 N–H and O–H groups in total. The van der Waals surface area contributed by atoms with Crippen LogP contribution in [-0.2, 0) is 4.79 Å². The number of amides is 3. The molecule has 0 saturated carbocycles. The highest BCUT2D eigenvalue weighted by atomic mass is 35.5. The SMILES string of the molecule is CCOc1ccc(C(=O)NC(C(=O)Nc2ccc(C(=O)N(CC)CC)c(Cl)c2)C(C)C)cc1. The number of anilines is 1. The number of hydrogen-bond acceptors (Lipinski definition) is 4. The maximum atomic E-state index is 12.9. The molecule has 0 aromatic heterocycles. The number of carbonyl (C=O) groups is 3. The van der Waals surface area contributed by atoms with Crippen molar-refractivity contribution in [1.29, 1.82) is 0 Å². The summed E-state index contributed by atoms with van der Waals surface area (Å²) in [5.74, 6) is -0.374. The highest BCUT2D eigenvalue weighted by Gasteiger charge is 2.25. The lowest BCUT2D eigenvalue weighted by Crippen LogP contribution is -2.47. The van der Waals surface area contributed by atoms with E-state index in [4.69, 9.17) is 16.3 Å². The third-order valence-corrected chi connectivity index (χ3v) is 5.49. The van der Waals surface area contributed by atoms with Gasteiger partial charge in [0, 0.05) is 24.3 Å². The van der Waals surface area contributed by atoms with Crippen LogP contribution in [0, 0.1) is 5.92 Å². The molecular weight excluding hydrogens is 442 g/mol. The van der Waals surface area contributed by atoms with Crippen LogP contribution in [0.2, 0.25) is 5.02 Å². The summed E-state index contributed by atoms with van der Waals surface area (Å²) >= 11 is 6.33. The van der Waals surface area contributed by atoms with Crippen molar-refractivity contribution in [2.24, 2.45) is 5.92 Å². The first kappa shape index (κ1) is 26.2. The quantitative estimate of drug-likeness (QED) is 0.527. The minimum absolute atomic E-state index is 0.157. The Morgan fingerprint density at radius 2 is 1.64 bits per heavy atom. The smallest absolute Gasteiger partial charge is 0.255 e. The molecule has 2 rings (SSSR count). The normalized spacial score (nSPS) is 11.6. The van der Waals surface area contributed by atoms with Crippen molar-refractivity contribution >= 4 is 35.0 Å². The van der Waals surface area contributed by atoms with Gasteiger partial charge in [0.25, 0.3) is 11.8 Å². The molecule has 1 atom stereocenters. The molecule has 0 fully saturated rings. The van der Waals surface area contributed by atoms with Crippen molar-refractivity contribution < 1.29 is 19.1 Å². The molecule has 8 heteroatoms. The Hall–Kier alpha value is -3.06.